The second-order valence-corrected chi connectivity index (χ2v) is 5.99. The maximum atomic E-state index is 13.1. The van der Waals surface area contributed by atoms with Crippen molar-refractivity contribution in [1.82, 2.24) is 14.7 Å². The van der Waals surface area contributed by atoms with Crippen LogP contribution in [0.5, 0.6) is 0 Å². The summed E-state index contributed by atoms with van der Waals surface area (Å²) in [5.41, 5.74) is 0.883. The standard InChI is InChI=1S/C16H24FN3O/c1-18(2)12-15(13-4-6-14(17)7-5-13)16(21)20-10-8-19(3)9-11-20/h4-7,15H,8-12H2,1-3H3. The number of hydrogen-bond acceptors (Lipinski definition) is 3. The van der Waals surface area contributed by atoms with E-state index in [-0.39, 0.29) is 17.6 Å². The monoisotopic (exact) mass is 293 g/mol. The van der Waals surface area contributed by atoms with Gasteiger partial charge in [-0.1, -0.05) is 12.1 Å². The van der Waals surface area contributed by atoms with Crippen molar-refractivity contribution in [2.75, 3.05) is 53.9 Å². The van der Waals surface area contributed by atoms with Crippen molar-refractivity contribution < 1.29 is 9.18 Å². The van der Waals surface area contributed by atoms with Crippen LogP contribution in [-0.4, -0.2) is 74.5 Å². The van der Waals surface area contributed by atoms with Crippen molar-refractivity contribution in [3.63, 3.8) is 0 Å². The van der Waals surface area contributed by atoms with E-state index in [9.17, 15) is 9.18 Å². The van der Waals surface area contributed by atoms with E-state index >= 15 is 0 Å². The van der Waals surface area contributed by atoms with Gasteiger partial charge in [0.25, 0.3) is 0 Å². The van der Waals surface area contributed by atoms with Gasteiger partial charge in [-0.05, 0) is 38.8 Å². The quantitative estimate of drug-likeness (QED) is 0.836. The fourth-order valence-corrected chi connectivity index (χ4v) is 2.63. The van der Waals surface area contributed by atoms with E-state index in [4.69, 9.17) is 0 Å². The number of carbonyl (C=O) groups excluding carboxylic acids is 1. The third-order valence-corrected chi connectivity index (χ3v) is 3.93. The van der Waals surface area contributed by atoms with Crippen LogP contribution in [0.25, 0.3) is 0 Å². The summed E-state index contributed by atoms with van der Waals surface area (Å²) in [6, 6.07) is 6.29. The first-order valence-electron chi connectivity index (χ1n) is 7.35. The van der Waals surface area contributed by atoms with Crippen LogP contribution in [-0.2, 0) is 4.79 Å². The van der Waals surface area contributed by atoms with Gasteiger partial charge in [0.05, 0.1) is 5.92 Å². The van der Waals surface area contributed by atoms with Crippen molar-refractivity contribution in [1.29, 1.82) is 0 Å². The smallest absolute Gasteiger partial charge is 0.231 e. The van der Waals surface area contributed by atoms with Crippen molar-refractivity contribution in [2.45, 2.75) is 5.92 Å². The molecule has 1 fully saturated rings. The Morgan fingerprint density at radius 3 is 2.29 bits per heavy atom. The van der Waals surface area contributed by atoms with E-state index in [1.807, 2.05) is 23.9 Å². The van der Waals surface area contributed by atoms with Crippen LogP contribution in [0.3, 0.4) is 0 Å². The predicted octanol–water partition coefficient (Wildman–Crippen LogP) is 1.24. The molecule has 0 bridgehead atoms. The second kappa shape index (κ2) is 7.00. The molecule has 0 aliphatic carbocycles. The van der Waals surface area contributed by atoms with E-state index in [1.165, 1.54) is 12.1 Å². The Morgan fingerprint density at radius 2 is 1.76 bits per heavy atom. The van der Waals surface area contributed by atoms with Crippen LogP contribution >= 0.6 is 0 Å². The molecule has 1 aliphatic rings. The first-order chi connectivity index (χ1) is 9.97. The van der Waals surface area contributed by atoms with Crippen LogP contribution in [0.1, 0.15) is 11.5 Å². The van der Waals surface area contributed by atoms with E-state index in [0.717, 1.165) is 31.7 Å². The molecule has 116 valence electrons. The number of likely N-dealkylation sites (N-methyl/N-ethyl adjacent to an activating group) is 2. The normalized spacial score (nSPS) is 18.0. The van der Waals surface area contributed by atoms with Crippen LogP contribution in [0.15, 0.2) is 24.3 Å². The summed E-state index contributed by atoms with van der Waals surface area (Å²) in [6.45, 7) is 3.98. The molecule has 2 rings (SSSR count). The lowest BCUT2D eigenvalue weighted by Gasteiger charge is -2.35. The summed E-state index contributed by atoms with van der Waals surface area (Å²) in [7, 11) is 5.97. The van der Waals surface area contributed by atoms with Crippen molar-refractivity contribution in [2.24, 2.45) is 0 Å². The van der Waals surface area contributed by atoms with Crippen molar-refractivity contribution in [3.05, 3.63) is 35.6 Å². The average molecular weight is 293 g/mol. The Hall–Kier alpha value is -1.46. The molecule has 4 nitrogen and oxygen atoms in total. The highest BCUT2D eigenvalue weighted by atomic mass is 19.1. The van der Waals surface area contributed by atoms with Gasteiger partial charge in [0.1, 0.15) is 5.82 Å². The fraction of sp³-hybridized carbons (Fsp3) is 0.562. The van der Waals surface area contributed by atoms with Crippen molar-refractivity contribution in [3.8, 4) is 0 Å². The molecule has 0 saturated carbocycles. The molecule has 0 spiro atoms. The summed E-state index contributed by atoms with van der Waals surface area (Å²) >= 11 is 0. The van der Waals surface area contributed by atoms with E-state index in [1.54, 1.807) is 12.1 Å². The van der Waals surface area contributed by atoms with Crippen LogP contribution in [0.2, 0.25) is 0 Å². The molecule has 0 aromatic heterocycles. The van der Waals surface area contributed by atoms with Crippen LogP contribution in [0, 0.1) is 5.82 Å². The molecule has 0 radical (unpaired) electrons. The lowest BCUT2D eigenvalue weighted by Crippen LogP contribution is -2.49. The molecule has 1 unspecified atom stereocenters. The molecule has 1 heterocycles. The van der Waals surface area contributed by atoms with Crippen LogP contribution < -0.4 is 0 Å². The van der Waals surface area contributed by atoms with Gasteiger partial charge in [0, 0.05) is 32.7 Å². The zero-order chi connectivity index (χ0) is 15.4. The lowest BCUT2D eigenvalue weighted by atomic mass is 9.96. The zero-order valence-corrected chi connectivity index (χ0v) is 13.1. The number of piperazine rings is 1. The van der Waals surface area contributed by atoms with E-state index in [0.29, 0.717) is 6.54 Å². The van der Waals surface area contributed by atoms with Gasteiger partial charge < -0.3 is 14.7 Å². The maximum absolute atomic E-state index is 13.1. The first kappa shape index (κ1) is 15.9. The summed E-state index contributed by atoms with van der Waals surface area (Å²) in [5.74, 6) is -0.359. The Kier molecular flexibility index (Phi) is 5.31. The Labute approximate surface area is 126 Å². The summed E-state index contributed by atoms with van der Waals surface area (Å²) in [4.78, 5) is 19.0. The minimum Gasteiger partial charge on any atom is -0.340 e. The van der Waals surface area contributed by atoms with Gasteiger partial charge in [-0.25, -0.2) is 4.39 Å². The molecule has 1 atom stereocenters. The number of rotatable bonds is 4. The number of benzene rings is 1. The summed E-state index contributed by atoms with van der Waals surface area (Å²) < 4.78 is 13.1. The number of carbonyl (C=O) groups is 1. The highest BCUT2D eigenvalue weighted by Gasteiger charge is 2.28. The Morgan fingerprint density at radius 1 is 1.19 bits per heavy atom. The minimum absolute atomic E-state index is 0.142. The molecule has 1 amide bonds. The number of amides is 1. The van der Waals surface area contributed by atoms with Gasteiger partial charge in [0.15, 0.2) is 0 Å². The minimum atomic E-state index is -0.269. The molecule has 1 aromatic rings. The molecular weight excluding hydrogens is 269 g/mol. The summed E-state index contributed by atoms with van der Waals surface area (Å²) in [5, 5.41) is 0. The zero-order valence-electron chi connectivity index (χ0n) is 13.1. The third-order valence-electron chi connectivity index (χ3n) is 3.93. The van der Waals surface area contributed by atoms with E-state index in [2.05, 4.69) is 11.9 Å². The Balaban J connectivity index is 2.15. The molecule has 21 heavy (non-hydrogen) atoms. The summed E-state index contributed by atoms with van der Waals surface area (Å²) in [6.07, 6.45) is 0. The number of nitrogens with zero attached hydrogens (tertiary/aromatic N) is 3. The SMILES string of the molecule is CN(C)CC(C(=O)N1CCN(C)CC1)c1ccc(F)cc1. The number of halogens is 1. The number of hydrogen-bond donors (Lipinski definition) is 0. The largest absolute Gasteiger partial charge is 0.340 e. The van der Waals surface area contributed by atoms with Crippen molar-refractivity contribution >= 4 is 5.91 Å². The van der Waals surface area contributed by atoms with Gasteiger partial charge in [-0.15, -0.1) is 0 Å². The Bertz CT molecular complexity index is 467. The second-order valence-electron chi connectivity index (χ2n) is 5.99. The molecule has 5 heteroatoms. The topological polar surface area (TPSA) is 26.8 Å². The third kappa shape index (κ3) is 4.25. The molecule has 0 N–H and O–H groups in total. The maximum Gasteiger partial charge on any atom is 0.231 e. The van der Waals surface area contributed by atoms with Gasteiger partial charge in [-0.2, -0.15) is 0 Å². The molecule has 1 aromatic carbocycles. The predicted molar refractivity (Wildman–Crippen MR) is 81.8 cm³/mol. The van der Waals surface area contributed by atoms with Gasteiger partial charge in [0.2, 0.25) is 5.91 Å². The van der Waals surface area contributed by atoms with Gasteiger partial charge in [-0.3, -0.25) is 4.79 Å². The van der Waals surface area contributed by atoms with E-state index < -0.39 is 0 Å². The average Bonchev–Trinajstić information content (AvgIpc) is 2.46. The fourth-order valence-electron chi connectivity index (χ4n) is 2.63. The lowest BCUT2D eigenvalue weighted by molar-refractivity contribution is -0.134. The highest BCUT2D eigenvalue weighted by molar-refractivity contribution is 5.84. The molecule has 1 aliphatic heterocycles. The molecule has 1 saturated heterocycles. The first-order valence-corrected chi connectivity index (χ1v) is 7.35. The molecular formula is C16H24FN3O. The highest BCUT2D eigenvalue weighted by Crippen LogP contribution is 2.21. The van der Waals surface area contributed by atoms with Gasteiger partial charge >= 0.3 is 0 Å². The van der Waals surface area contributed by atoms with Crippen LogP contribution in [0.4, 0.5) is 4.39 Å².